The molecular weight excluding hydrogens is 364 g/mol. The summed E-state index contributed by atoms with van der Waals surface area (Å²) in [5, 5.41) is 0.691. The fraction of sp³-hybridized carbons (Fsp3) is 0.0455. The van der Waals surface area contributed by atoms with Crippen LogP contribution in [0.3, 0.4) is 0 Å². The van der Waals surface area contributed by atoms with Crippen LogP contribution in [0.1, 0.15) is 21.5 Å². The van der Waals surface area contributed by atoms with Crippen molar-refractivity contribution >= 4 is 35.2 Å². The Hall–Kier alpha value is -2.49. The molecule has 0 aliphatic carbocycles. The third-order valence-corrected chi connectivity index (χ3v) is 5.55. The molecule has 4 heteroatoms. The fourth-order valence-corrected chi connectivity index (χ4v) is 4.00. The first-order valence-corrected chi connectivity index (χ1v) is 9.40. The van der Waals surface area contributed by atoms with Crippen molar-refractivity contribution in [1.82, 2.24) is 0 Å². The molecule has 0 unspecified atom stereocenters. The molecule has 0 fully saturated rings. The standard InChI is InChI=1S/C22H15ClO2S/c23-19-10-3-1-7-16(19)14-25-17-8-5-6-15(12-17)13-21-22(24)18-9-2-4-11-20(18)26-21/h1-13H,14H2/b21-13+. The number of thioether (sulfide) groups is 1. The molecule has 1 aliphatic rings. The summed E-state index contributed by atoms with van der Waals surface area (Å²) in [4.78, 5) is 14.2. The van der Waals surface area contributed by atoms with E-state index in [2.05, 4.69) is 0 Å². The van der Waals surface area contributed by atoms with Gasteiger partial charge in [0.2, 0.25) is 5.78 Å². The van der Waals surface area contributed by atoms with E-state index in [0.29, 0.717) is 11.6 Å². The van der Waals surface area contributed by atoms with Gasteiger partial charge in [-0.05, 0) is 42.0 Å². The molecule has 2 nitrogen and oxygen atoms in total. The van der Waals surface area contributed by atoms with Crippen LogP contribution in [0.25, 0.3) is 6.08 Å². The van der Waals surface area contributed by atoms with Crippen LogP contribution < -0.4 is 4.74 Å². The number of hydrogen-bond acceptors (Lipinski definition) is 3. The maximum atomic E-state index is 12.5. The van der Waals surface area contributed by atoms with Gasteiger partial charge in [-0.25, -0.2) is 0 Å². The molecule has 1 aliphatic heterocycles. The molecule has 128 valence electrons. The first-order chi connectivity index (χ1) is 12.7. The number of benzene rings is 3. The summed E-state index contributed by atoms with van der Waals surface area (Å²) in [7, 11) is 0. The quantitative estimate of drug-likeness (QED) is 0.502. The molecule has 0 saturated heterocycles. The second kappa shape index (κ2) is 7.40. The number of ether oxygens (including phenoxy) is 1. The van der Waals surface area contributed by atoms with Gasteiger partial charge < -0.3 is 4.74 Å². The van der Waals surface area contributed by atoms with Crippen molar-refractivity contribution in [2.24, 2.45) is 0 Å². The van der Waals surface area contributed by atoms with Crippen LogP contribution in [0.5, 0.6) is 5.75 Å². The number of carbonyl (C=O) groups excluding carboxylic acids is 1. The van der Waals surface area contributed by atoms with Gasteiger partial charge >= 0.3 is 0 Å². The van der Waals surface area contributed by atoms with E-state index in [0.717, 1.165) is 32.2 Å². The number of Topliss-reactive ketones (excluding diaryl/α,β-unsaturated/α-hetero) is 1. The third-order valence-electron chi connectivity index (χ3n) is 4.08. The highest BCUT2D eigenvalue weighted by atomic mass is 35.5. The van der Waals surface area contributed by atoms with Crippen molar-refractivity contribution in [3.8, 4) is 5.75 Å². The first kappa shape index (κ1) is 17.0. The molecular formula is C22H15ClO2S. The highest BCUT2D eigenvalue weighted by Crippen LogP contribution is 2.40. The largest absolute Gasteiger partial charge is 0.489 e. The van der Waals surface area contributed by atoms with Gasteiger partial charge in [0.1, 0.15) is 12.4 Å². The van der Waals surface area contributed by atoms with Crippen molar-refractivity contribution in [2.75, 3.05) is 0 Å². The Labute approximate surface area is 161 Å². The van der Waals surface area contributed by atoms with Crippen molar-refractivity contribution in [1.29, 1.82) is 0 Å². The lowest BCUT2D eigenvalue weighted by Crippen LogP contribution is -1.96. The Morgan fingerprint density at radius 1 is 0.962 bits per heavy atom. The summed E-state index contributed by atoms with van der Waals surface area (Å²) in [5.41, 5.74) is 2.65. The molecule has 4 rings (SSSR count). The van der Waals surface area contributed by atoms with E-state index in [4.69, 9.17) is 16.3 Å². The predicted octanol–water partition coefficient (Wildman–Crippen LogP) is 6.25. The van der Waals surface area contributed by atoms with Gasteiger partial charge in [0.05, 0.1) is 4.91 Å². The second-order valence-electron chi connectivity index (χ2n) is 5.89. The maximum Gasteiger partial charge on any atom is 0.200 e. The van der Waals surface area contributed by atoms with Gasteiger partial charge in [-0.15, -0.1) is 0 Å². The molecule has 0 saturated carbocycles. The van der Waals surface area contributed by atoms with Crippen LogP contribution in [-0.2, 0) is 6.61 Å². The number of carbonyl (C=O) groups is 1. The number of hydrogen-bond donors (Lipinski definition) is 0. The Bertz CT molecular complexity index is 1010. The second-order valence-corrected chi connectivity index (χ2v) is 7.38. The van der Waals surface area contributed by atoms with Gasteiger partial charge in [0.15, 0.2) is 0 Å². The van der Waals surface area contributed by atoms with Crippen LogP contribution in [0.2, 0.25) is 5.02 Å². The normalized spacial score (nSPS) is 14.5. The summed E-state index contributed by atoms with van der Waals surface area (Å²) in [6, 6.07) is 23.0. The number of fused-ring (bicyclic) bond motifs is 1. The van der Waals surface area contributed by atoms with E-state index >= 15 is 0 Å². The number of rotatable bonds is 4. The smallest absolute Gasteiger partial charge is 0.200 e. The summed E-state index contributed by atoms with van der Waals surface area (Å²) < 4.78 is 5.86. The minimum Gasteiger partial charge on any atom is -0.489 e. The Kier molecular flexibility index (Phi) is 4.83. The SMILES string of the molecule is O=C1/C(=C\c2cccc(OCc3ccccc3Cl)c2)Sc2ccccc21. The molecule has 0 bridgehead atoms. The van der Waals surface area contributed by atoms with E-state index in [9.17, 15) is 4.79 Å². The summed E-state index contributed by atoms with van der Waals surface area (Å²) >= 11 is 7.68. The lowest BCUT2D eigenvalue weighted by atomic mass is 10.1. The molecule has 0 N–H and O–H groups in total. The number of halogens is 1. The van der Waals surface area contributed by atoms with Crippen molar-refractivity contribution in [3.63, 3.8) is 0 Å². The molecule has 3 aromatic carbocycles. The van der Waals surface area contributed by atoms with E-state index in [1.54, 1.807) is 0 Å². The Morgan fingerprint density at radius 3 is 2.62 bits per heavy atom. The van der Waals surface area contributed by atoms with Crippen molar-refractivity contribution < 1.29 is 9.53 Å². The van der Waals surface area contributed by atoms with Gasteiger partial charge in [0, 0.05) is 21.0 Å². The Balaban J connectivity index is 1.52. The van der Waals surface area contributed by atoms with Crippen LogP contribution in [0.15, 0.2) is 82.6 Å². The molecule has 1 heterocycles. The third kappa shape index (κ3) is 3.55. The molecule has 0 spiro atoms. The zero-order chi connectivity index (χ0) is 17.9. The van der Waals surface area contributed by atoms with E-state index < -0.39 is 0 Å². The van der Waals surface area contributed by atoms with Crippen LogP contribution in [-0.4, -0.2) is 5.78 Å². The molecule has 26 heavy (non-hydrogen) atoms. The molecule has 0 radical (unpaired) electrons. The van der Waals surface area contributed by atoms with Crippen molar-refractivity contribution in [3.05, 3.63) is 99.4 Å². The van der Waals surface area contributed by atoms with Crippen molar-refractivity contribution in [2.45, 2.75) is 11.5 Å². The van der Waals surface area contributed by atoms with Gasteiger partial charge in [-0.1, -0.05) is 65.8 Å². The minimum atomic E-state index is 0.0768. The zero-order valence-corrected chi connectivity index (χ0v) is 15.4. The van der Waals surface area contributed by atoms with E-state index in [1.807, 2.05) is 78.9 Å². The van der Waals surface area contributed by atoms with E-state index in [-0.39, 0.29) is 5.78 Å². The zero-order valence-electron chi connectivity index (χ0n) is 13.8. The topological polar surface area (TPSA) is 26.3 Å². The lowest BCUT2D eigenvalue weighted by Gasteiger charge is -2.08. The summed E-state index contributed by atoms with van der Waals surface area (Å²) in [5.74, 6) is 0.820. The Morgan fingerprint density at radius 2 is 1.77 bits per heavy atom. The summed E-state index contributed by atoms with van der Waals surface area (Å²) in [6.45, 7) is 0.402. The van der Waals surface area contributed by atoms with Gasteiger partial charge in [-0.2, -0.15) is 0 Å². The number of allylic oxidation sites excluding steroid dienone is 1. The average molecular weight is 379 g/mol. The monoisotopic (exact) mass is 378 g/mol. The number of ketones is 1. The minimum absolute atomic E-state index is 0.0768. The highest BCUT2D eigenvalue weighted by molar-refractivity contribution is 8.04. The summed E-state index contributed by atoms with van der Waals surface area (Å²) in [6.07, 6.45) is 1.91. The maximum absolute atomic E-state index is 12.5. The molecule has 3 aromatic rings. The molecule has 0 amide bonds. The lowest BCUT2D eigenvalue weighted by molar-refractivity contribution is 0.104. The molecule has 0 atom stereocenters. The van der Waals surface area contributed by atoms with E-state index in [1.165, 1.54) is 11.8 Å². The van der Waals surface area contributed by atoms with Crippen LogP contribution >= 0.6 is 23.4 Å². The van der Waals surface area contributed by atoms with Gasteiger partial charge in [-0.3, -0.25) is 4.79 Å². The van der Waals surface area contributed by atoms with Gasteiger partial charge in [0.25, 0.3) is 0 Å². The average Bonchev–Trinajstić information content (AvgIpc) is 2.97. The first-order valence-electron chi connectivity index (χ1n) is 8.20. The fourth-order valence-electron chi connectivity index (χ4n) is 2.76. The molecule has 0 aromatic heterocycles. The van der Waals surface area contributed by atoms with Crippen LogP contribution in [0, 0.1) is 0 Å². The highest BCUT2D eigenvalue weighted by Gasteiger charge is 2.25. The van der Waals surface area contributed by atoms with Crippen LogP contribution in [0.4, 0.5) is 0 Å². The predicted molar refractivity (Wildman–Crippen MR) is 107 cm³/mol.